The molecule has 0 saturated carbocycles. The lowest BCUT2D eigenvalue weighted by molar-refractivity contribution is 0.104. The first-order chi connectivity index (χ1) is 9.15. The Hall–Kier alpha value is -0.130. The van der Waals surface area contributed by atoms with Crippen molar-refractivity contribution in [3.8, 4) is 5.75 Å². The molecule has 0 radical (unpaired) electrons. The molecule has 0 aliphatic carbocycles. The van der Waals surface area contributed by atoms with Crippen LogP contribution in [0.2, 0.25) is 10.0 Å². The highest BCUT2D eigenvalue weighted by Gasteiger charge is 2.16. The van der Waals surface area contributed by atoms with Crippen molar-refractivity contribution in [2.45, 2.75) is 18.6 Å². The van der Waals surface area contributed by atoms with Gasteiger partial charge in [-0.15, -0.1) is 0 Å². The molecule has 3 nitrogen and oxygen atoms in total. The number of hydrogen-bond donors (Lipinski definition) is 2. The van der Waals surface area contributed by atoms with Crippen LogP contribution in [-0.2, 0) is 0 Å². The lowest BCUT2D eigenvalue weighted by Gasteiger charge is -2.16. The maximum absolute atomic E-state index is 9.85. The summed E-state index contributed by atoms with van der Waals surface area (Å²) in [5.41, 5.74) is 0. The summed E-state index contributed by atoms with van der Waals surface area (Å²) >= 11 is 13.7. The van der Waals surface area contributed by atoms with E-state index in [0.29, 0.717) is 28.4 Å². The first-order valence-corrected chi connectivity index (χ1v) is 8.13. The summed E-state index contributed by atoms with van der Waals surface area (Å²) in [6.07, 6.45) is 0.624. The maximum atomic E-state index is 9.85. The average Bonchev–Trinajstić information content (AvgIpc) is 2.88. The van der Waals surface area contributed by atoms with Gasteiger partial charge >= 0.3 is 0 Å². The molecular weight excluding hydrogens is 305 g/mol. The normalized spacial score (nSPS) is 20.5. The van der Waals surface area contributed by atoms with Crippen LogP contribution in [0.5, 0.6) is 5.75 Å². The van der Waals surface area contributed by atoms with Gasteiger partial charge in [-0.1, -0.05) is 23.2 Å². The first kappa shape index (κ1) is 15.3. The Bertz CT molecular complexity index is 414. The number of hydrogen-bond acceptors (Lipinski definition) is 4. The Morgan fingerprint density at radius 1 is 1.47 bits per heavy atom. The van der Waals surface area contributed by atoms with Crippen molar-refractivity contribution in [2.75, 3.05) is 24.7 Å². The van der Waals surface area contributed by atoms with Crippen molar-refractivity contribution in [3.63, 3.8) is 0 Å². The molecule has 0 bridgehead atoms. The van der Waals surface area contributed by atoms with Crippen LogP contribution in [0.3, 0.4) is 0 Å². The van der Waals surface area contributed by atoms with Gasteiger partial charge in [-0.3, -0.25) is 0 Å². The number of ether oxygens (including phenoxy) is 1. The molecule has 2 atom stereocenters. The molecular formula is C13H17Cl2NO2S. The standard InChI is InChI=1S/C13H17Cl2NO2S/c14-9-1-2-13(12(15)5-9)18-7-11(17)6-16-10-3-4-19-8-10/h1-2,5,10-11,16-17H,3-4,6-8H2. The largest absolute Gasteiger partial charge is 0.489 e. The van der Waals surface area contributed by atoms with Gasteiger partial charge in [-0.2, -0.15) is 11.8 Å². The molecule has 1 heterocycles. The number of thioether (sulfide) groups is 1. The second-order valence-corrected chi connectivity index (χ2v) is 6.50. The quantitative estimate of drug-likeness (QED) is 0.845. The smallest absolute Gasteiger partial charge is 0.138 e. The van der Waals surface area contributed by atoms with Gasteiger partial charge in [0.05, 0.1) is 5.02 Å². The third kappa shape index (κ3) is 5.04. The van der Waals surface area contributed by atoms with E-state index < -0.39 is 6.10 Å². The molecule has 2 rings (SSSR count). The van der Waals surface area contributed by atoms with Crippen LogP contribution in [0.25, 0.3) is 0 Å². The summed E-state index contributed by atoms with van der Waals surface area (Å²) in [4.78, 5) is 0. The predicted molar refractivity (Wildman–Crippen MR) is 81.7 cm³/mol. The molecule has 0 spiro atoms. The molecule has 0 aromatic heterocycles. The summed E-state index contributed by atoms with van der Waals surface area (Å²) in [5, 5.41) is 14.2. The van der Waals surface area contributed by atoms with E-state index >= 15 is 0 Å². The molecule has 0 amide bonds. The summed E-state index contributed by atoms with van der Waals surface area (Å²) < 4.78 is 5.48. The van der Waals surface area contributed by atoms with E-state index in [1.165, 1.54) is 12.2 Å². The molecule has 1 aromatic rings. The van der Waals surface area contributed by atoms with E-state index in [0.717, 1.165) is 5.75 Å². The molecule has 2 N–H and O–H groups in total. The third-order valence-electron chi connectivity index (χ3n) is 2.90. The van der Waals surface area contributed by atoms with Crippen LogP contribution < -0.4 is 10.1 Å². The lowest BCUT2D eigenvalue weighted by Crippen LogP contribution is -2.38. The van der Waals surface area contributed by atoms with Crippen molar-refractivity contribution in [3.05, 3.63) is 28.2 Å². The van der Waals surface area contributed by atoms with Crippen molar-refractivity contribution >= 4 is 35.0 Å². The first-order valence-electron chi connectivity index (χ1n) is 6.22. The Balaban J connectivity index is 1.71. The monoisotopic (exact) mass is 321 g/mol. The van der Waals surface area contributed by atoms with Gasteiger partial charge in [0, 0.05) is 23.4 Å². The molecule has 2 unspecified atom stereocenters. The maximum Gasteiger partial charge on any atom is 0.138 e. The summed E-state index contributed by atoms with van der Waals surface area (Å²) in [7, 11) is 0. The molecule has 1 aliphatic rings. The van der Waals surface area contributed by atoms with Crippen LogP contribution in [0, 0.1) is 0 Å². The van der Waals surface area contributed by atoms with Crippen molar-refractivity contribution < 1.29 is 9.84 Å². The zero-order valence-corrected chi connectivity index (χ0v) is 12.8. The molecule has 1 saturated heterocycles. The van der Waals surface area contributed by atoms with Crippen LogP contribution in [0.15, 0.2) is 18.2 Å². The molecule has 1 aromatic carbocycles. The van der Waals surface area contributed by atoms with Gasteiger partial charge in [0.25, 0.3) is 0 Å². The highest BCUT2D eigenvalue weighted by molar-refractivity contribution is 7.99. The number of rotatable bonds is 6. The fourth-order valence-electron chi connectivity index (χ4n) is 1.84. The van der Waals surface area contributed by atoms with Gasteiger partial charge in [-0.05, 0) is 30.4 Å². The van der Waals surface area contributed by atoms with Gasteiger partial charge in [-0.25, -0.2) is 0 Å². The van der Waals surface area contributed by atoms with Crippen LogP contribution in [0.4, 0.5) is 0 Å². The van der Waals surface area contributed by atoms with Crippen LogP contribution in [-0.4, -0.2) is 41.9 Å². The highest BCUT2D eigenvalue weighted by Crippen LogP contribution is 2.27. The molecule has 1 fully saturated rings. The van der Waals surface area contributed by atoms with E-state index in [1.54, 1.807) is 18.2 Å². The molecule has 1 aliphatic heterocycles. The Labute approximate surface area is 127 Å². The number of aliphatic hydroxyl groups is 1. The van der Waals surface area contributed by atoms with E-state index in [9.17, 15) is 5.11 Å². The Morgan fingerprint density at radius 2 is 2.32 bits per heavy atom. The second kappa shape index (κ2) is 7.60. The molecule has 106 valence electrons. The van der Waals surface area contributed by atoms with Crippen molar-refractivity contribution in [1.82, 2.24) is 5.32 Å². The van der Waals surface area contributed by atoms with E-state index in [2.05, 4.69) is 5.32 Å². The van der Waals surface area contributed by atoms with Gasteiger partial charge in [0.2, 0.25) is 0 Å². The second-order valence-electron chi connectivity index (χ2n) is 4.51. The SMILES string of the molecule is OC(CNC1CCSC1)COc1ccc(Cl)cc1Cl. The predicted octanol–water partition coefficient (Wildman–Crippen LogP) is 2.83. The van der Waals surface area contributed by atoms with Gasteiger partial charge in [0.15, 0.2) is 0 Å². The Morgan fingerprint density at radius 3 is 3.00 bits per heavy atom. The molecule has 6 heteroatoms. The fourth-order valence-corrected chi connectivity index (χ4v) is 3.49. The van der Waals surface area contributed by atoms with Crippen LogP contribution in [0.1, 0.15) is 6.42 Å². The zero-order chi connectivity index (χ0) is 13.7. The minimum absolute atomic E-state index is 0.216. The number of benzene rings is 1. The minimum Gasteiger partial charge on any atom is -0.489 e. The summed E-state index contributed by atoms with van der Waals surface area (Å²) in [6, 6.07) is 5.55. The average molecular weight is 322 g/mol. The summed E-state index contributed by atoms with van der Waals surface area (Å²) in [6.45, 7) is 0.755. The lowest BCUT2D eigenvalue weighted by atomic mass is 10.2. The number of nitrogens with one attached hydrogen (secondary N) is 1. The number of halogens is 2. The zero-order valence-electron chi connectivity index (χ0n) is 10.4. The highest BCUT2D eigenvalue weighted by atomic mass is 35.5. The van der Waals surface area contributed by atoms with Gasteiger partial charge < -0.3 is 15.2 Å². The topological polar surface area (TPSA) is 41.5 Å². The number of aliphatic hydroxyl groups excluding tert-OH is 1. The molecule has 19 heavy (non-hydrogen) atoms. The third-order valence-corrected chi connectivity index (χ3v) is 4.59. The van der Waals surface area contributed by atoms with E-state index in [1.807, 2.05) is 11.8 Å². The summed E-state index contributed by atoms with van der Waals surface area (Å²) in [5.74, 6) is 2.86. The fraction of sp³-hybridized carbons (Fsp3) is 0.538. The Kier molecular flexibility index (Phi) is 6.10. The minimum atomic E-state index is -0.544. The van der Waals surface area contributed by atoms with Crippen LogP contribution >= 0.6 is 35.0 Å². The van der Waals surface area contributed by atoms with E-state index in [4.69, 9.17) is 27.9 Å². The van der Waals surface area contributed by atoms with Crippen molar-refractivity contribution in [2.24, 2.45) is 0 Å². The van der Waals surface area contributed by atoms with Gasteiger partial charge in [0.1, 0.15) is 18.5 Å². The van der Waals surface area contributed by atoms with Crippen molar-refractivity contribution in [1.29, 1.82) is 0 Å². The van der Waals surface area contributed by atoms with E-state index in [-0.39, 0.29) is 6.61 Å².